The monoisotopic (exact) mass is 287 g/mol. The van der Waals surface area contributed by atoms with Crippen LogP contribution in [0.5, 0.6) is 0 Å². The smallest absolute Gasteiger partial charge is 0.220 e. The predicted octanol–water partition coefficient (Wildman–Crippen LogP) is 3.06. The molecule has 19 heavy (non-hydrogen) atoms. The zero-order chi connectivity index (χ0) is 14.6. The van der Waals surface area contributed by atoms with Crippen molar-refractivity contribution >= 4 is 17.5 Å². The first kappa shape index (κ1) is 15.9. The van der Waals surface area contributed by atoms with Crippen LogP contribution in [0.1, 0.15) is 38.9 Å². The highest BCUT2D eigenvalue weighted by Crippen LogP contribution is 2.21. The Hall–Kier alpha value is -1.13. The summed E-state index contributed by atoms with van der Waals surface area (Å²) in [6.07, 6.45) is -0.579. The van der Waals surface area contributed by atoms with E-state index in [2.05, 4.69) is 5.32 Å². The van der Waals surface area contributed by atoms with Crippen LogP contribution in [-0.2, 0) is 4.79 Å². The molecular weight excluding hydrogens is 269 g/mol. The van der Waals surface area contributed by atoms with E-state index in [9.17, 15) is 14.3 Å². The Labute approximate surface area is 117 Å². The quantitative estimate of drug-likeness (QED) is 0.894. The van der Waals surface area contributed by atoms with Gasteiger partial charge in [-0.05, 0) is 23.1 Å². The van der Waals surface area contributed by atoms with Gasteiger partial charge in [-0.2, -0.15) is 0 Å². The van der Waals surface area contributed by atoms with Crippen LogP contribution in [0.15, 0.2) is 18.2 Å². The third kappa shape index (κ3) is 5.57. The van der Waals surface area contributed by atoms with Crippen LogP contribution in [0.3, 0.4) is 0 Å². The summed E-state index contributed by atoms with van der Waals surface area (Å²) in [5, 5.41) is 12.5. The van der Waals surface area contributed by atoms with E-state index in [1.165, 1.54) is 18.2 Å². The standard InChI is InChI=1S/C14H19ClFNO2/c1-14(2,3)7-13(19)17-8-12(18)9-4-5-10(15)11(16)6-9/h4-6,12,18H,7-8H2,1-3H3,(H,17,19). The lowest BCUT2D eigenvalue weighted by molar-refractivity contribution is -0.123. The van der Waals surface area contributed by atoms with Gasteiger partial charge in [0.25, 0.3) is 0 Å². The van der Waals surface area contributed by atoms with Crippen LogP contribution in [0.2, 0.25) is 5.02 Å². The number of aliphatic hydroxyl groups is 1. The summed E-state index contributed by atoms with van der Waals surface area (Å²) in [6, 6.07) is 4.08. The van der Waals surface area contributed by atoms with E-state index in [-0.39, 0.29) is 22.9 Å². The van der Waals surface area contributed by atoms with Crippen molar-refractivity contribution in [2.45, 2.75) is 33.3 Å². The number of carbonyl (C=O) groups is 1. The van der Waals surface area contributed by atoms with Crippen molar-refractivity contribution in [3.63, 3.8) is 0 Å². The summed E-state index contributed by atoms with van der Waals surface area (Å²) in [5.74, 6) is -0.722. The normalized spacial score (nSPS) is 13.2. The van der Waals surface area contributed by atoms with Crippen molar-refractivity contribution in [3.8, 4) is 0 Å². The highest BCUT2D eigenvalue weighted by Gasteiger charge is 2.17. The number of halogens is 2. The fourth-order valence-corrected chi connectivity index (χ4v) is 1.71. The molecule has 0 fully saturated rings. The average Bonchev–Trinajstić information content (AvgIpc) is 2.27. The Morgan fingerprint density at radius 1 is 1.47 bits per heavy atom. The molecule has 1 rings (SSSR count). The molecule has 0 aliphatic carbocycles. The number of rotatable bonds is 4. The molecule has 0 heterocycles. The van der Waals surface area contributed by atoms with Crippen LogP contribution in [0.4, 0.5) is 4.39 Å². The third-order valence-electron chi connectivity index (χ3n) is 2.51. The van der Waals surface area contributed by atoms with Crippen molar-refractivity contribution < 1.29 is 14.3 Å². The Morgan fingerprint density at radius 3 is 2.63 bits per heavy atom. The molecule has 1 amide bonds. The molecule has 0 saturated heterocycles. The SMILES string of the molecule is CC(C)(C)CC(=O)NCC(O)c1ccc(Cl)c(F)c1. The molecule has 3 nitrogen and oxygen atoms in total. The predicted molar refractivity (Wildman–Crippen MR) is 73.5 cm³/mol. The zero-order valence-corrected chi connectivity index (χ0v) is 12.1. The molecule has 0 radical (unpaired) electrons. The molecule has 1 aromatic carbocycles. The lowest BCUT2D eigenvalue weighted by atomic mass is 9.92. The largest absolute Gasteiger partial charge is 0.387 e. The van der Waals surface area contributed by atoms with Gasteiger partial charge >= 0.3 is 0 Å². The zero-order valence-electron chi connectivity index (χ0n) is 11.3. The summed E-state index contributed by atoms with van der Waals surface area (Å²) in [4.78, 5) is 11.6. The Kier molecular flexibility index (Phi) is 5.32. The Balaban J connectivity index is 2.53. The number of benzene rings is 1. The highest BCUT2D eigenvalue weighted by molar-refractivity contribution is 6.30. The molecular formula is C14H19ClFNO2. The first-order valence-corrected chi connectivity index (χ1v) is 6.46. The van der Waals surface area contributed by atoms with E-state index in [4.69, 9.17) is 11.6 Å². The molecule has 0 spiro atoms. The van der Waals surface area contributed by atoms with Crippen LogP contribution in [0, 0.1) is 11.2 Å². The molecule has 106 valence electrons. The van der Waals surface area contributed by atoms with Crippen molar-refractivity contribution in [3.05, 3.63) is 34.6 Å². The van der Waals surface area contributed by atoms with Gasteiger partial charge in [0, 0.05) is 13.0 Å². The summed E-state index contributed by atoms with van der Waals surface area (Å²) in [7, 11) is 0. The van der Waals surface area contributed by atoms with Crippen molar-refractivity contribution in [1.82, 2.24) is 5.32 Å². The van der Waals surface area contributed by atoms with Gasteiger partial charge in [0.15, 0.2) is 0 Å². The minimum Gasteiger partial charge on any atom is -0.387 e. The van der Waals surface area contributed by atoms with E-state index >= 15 is 0 Å². The van der Waals surface area contributed by atoms with Gasteiger partial charge in [0.05, 0.1) is 11.1 Å². The Bertz CT molecular complexity index is 457. The van der Waals surface area contributed by atoms with Crippen LogP contribution < -0.4 is 5.32 Å². The number of aliphatic hydroxyl groups excluding tert-OH is 1. The van der Waals surface area contributed by atoms with Crippen molar-refractivity contribution in [2.75, 3.05) is 6.54 Å². The third-order valence-corrected chi connectivity index (χ3v) is 2.82. The first-order valence-electron chi connectivity index (χ1n) is 6.09. The van der Waals surface area contributed by atoms with Crippen LogP contribution in [0.25, 0.3) is 0 Å². The molecule has 2 N–H and O–H groups in total. The Morgan fingerprint density at radius 2 is 2.11 bits per heavy atom. The molecule has 1 unspecified atom stereocenters. The maximum atomic E-state index is 13.2. The fourth-order valence-electron chi connectivity index (χ4n) is 1.59. The molecule has 0 bridgehead atoms. The van der Waals surface area contributed by atoms with Gasteiger partial charge in [0.1, 0.15) is 5.82 Å². The molecule has 1 atom stereocenters. The van der Waals surface area contributed by atoms with Gasteiger partial charge in [-0.25, -0.2) is 4.39 Å². The number of carbonyl (C=O) groups excluding carboxylic acids is 1. The number of amides is 1. The van der Waals surface area contributed by atoms with Crippen LogP contribution >= 0.6 is 11.6 Å². The average molecular weight is 288 g/mol. The highest BCUT2D eigenvalue weighted by atomic mass is 35.5. The maximum Gasteiger partial charge on any atom is 0.220 e. The van der Waals surface area contributed by atoms with E-state index in [1.807, 2.05) is 20.8 Å². The maximum absolute atomic E-state index is 13.2. The summed E-state index contributed by atoms with van der Waals surface area (Å²) in [6.45, 7) is 5.92. The van der Waals surface area contributed by atoms with E-state index < -0.39 is 11.9 Å². The van der Waals surface area contributed by atoms with Gasteiger partial charge in [-0.3, -0.25) is 4.79 Å². The van der Waals surface area contributed by atoms with Crippen molar-refractivity contribution in [2.24, 2.45) is 5.41 Å². The topological polar surface area (TPSA) is 49.3 Å². The van der Waals surface area contributed by atoms with Gasteiger partial charge < -0.3 is 10.4 Å². The summed E-state index contributed by atoms with van der Waals surface area (Å²) in [5.41, 5.74) is 0.277. The van der Waals surface area contributed by atoms with Crippen molar-refractivity contribution in [1.29, 1.82) is 0 Å². The second-order valence-corrected chi connectivity index (χ2v) is 6.14. The number of hydrogen-bond acceptors (Lipinski definition) is 2. The molecule has 0 aliphatic rings. The van der Waals surface area contributed by atoms with Crippen LogP contribution in [-0.4, -0.2) is 17.6 Å². The second-order valence-electron chi connectivity index (χ2n) is 5.73. The molecule has 0 aromatic heterocycles. The summed E-state index contributed by atoms with van der Waals surface area (Å²) >= 11 is 5.56. The lowest BCUT2D eigenvalue weighted by Gasteiger charge is -2.18. The first-order chi connectivity index (χ1) is 8.69. The minimum atomic E-state index is -0.948. The number of hydrogen-bond donors (Lipinski definition) is 2. The summed E-state index contributed by atoms with van der Waals surface area (Å²) < 4.78 is 13.2. The fraction of sp³-hybridized carbons (Fsp3) is 0.500. The minimum absolute atomic E-state index is 0.00715. The molecule has 0 aliphatic heterocycles. The molecule has 0 saturated carbocycles. The van der Waals surface area contributed by atoms with Gasteiger partial charge in [-0.15, -0.1) is 0 Å². The van der Waals surface area contributed by atoms with E-state index in [0.717, 1.165) is 0 Å². The van der Waals surface area contributed by atoms with Gasteiger partial charge in [0.2, 0.25) is 5.91 Å². The number of nitrogens with one attached hydrogen (secondary N) is 1. The molecule has 5 heteroatoms. The van der Waals surface area contributed by atoms with Gasteiger partial charge in [-0.1, -0.05) is 38.4 Å². The van der Waals surface area contributed by atoms with E-state index in [1.54, 1.807) is 0 Å². The molecule has 1 aromatic rings. The second kappa shape index (κ2) is 6.35. The lowest BCUT2D eigenvalue weighted by Crippen LogP contribution is -2.31. The van der Waals surface area contributed by atoms with E-state index in [0.29, 0.717) is 12.0 Å².